The van der Waals surface area contributed by atoms with E-state index >= 15 is 0 Å². The van der Waals surface area contributed by atoms with E-state index in [1.807, 2.05) is 31.3 Å². The Balaban J connectivity index is 1.42. The fraction of sp³-hybridized carbons (Fsp3) is 0.300. The minimum absolute atomic E-state index is 0.0346. The average molecular weight is 379 g/mol. The summed E-state index contributed by atoms with van der Waals surface area (Å²) in [5.41, 5.74) is 2.86. The van der Waals surface area contributed by atoms with E-state index in [0.29, 0.717) is 29.4 Å². The molecule has 1 amide bonds. The van der Waals surface area contributed by atoms with Crippen LogP contribution in [-0.2, 0) is 0 Å². The molecule has 1 N–H and O–H groups in total. The van der Waals surface area contributed by atoms with Gasteiger partial charge in [0.05, 0.1) is 23.2 Å². The number of nitrogens with zero attached hydrogens (tertiary/aromatic N) is 4. The van der Waals surface area contributed by atoms with Crippen LogP contribution in [0, 0.1) is 12.9 Å². The third-order valence-electron chi connectivity index (χ3n) is 5.38. The highest BCUT2D eigenvalue weighted by Gasteiger charge is 2.36. The third kappa shape index (κ3) is 2.81. The maximum Gasteiger partial charge on any atom is 0.255 e. The van der Waals surface area contributed by atoms with Gasteiger partial charge in [-0.05, 0) is 31.4 Å². The minimum atomic E-state index is -0.657. The normalized spacial score (nSPS) is 21.4. The Labute approximate surface area is 160 Å². The molecule has 0 spiro atoms. The molecule has 142 valence electrons. The van der Waals surface area contributed by atoms with Crippen molar-refractivity contribution in [3.8, 4) is 11.5 Å². The van der Waals surface area contributed by atoms with Gasteiger partial charge in [-0.1, -0.05) is 17.3 Å². The number of H-pyrrole nitrogens is 1. The molecule has 2 atom stereocenters. The summed E-state index contributed by atoms with van der Waals surface area (Å²) in [6.45, 7) is 2.43. The zero-order chi connectivity index (χ0) is 19.3. The Morgan fingerprint density at radius 1 is 1.32 bits per heavy atom. The number of pyridine rings is 1. The molecule has 1 fully saturated rings. The first-order valence-electron chi connectivity index (χ1n) is 9.22. The van der Waals surface area contributed by atoms with Gasteiger partial charge in [-0.15, -0.1) is 0 Å². The molecule has 7 nitrogen and oxygen atoms in total. The van der Waals surface area contributed by atoms with Gasteiger partial charge in [0.2, 0.25) is 17.7 Å². The van der Waals surface area contributed by atoms with Gasteiger partial charge in [-0.25, -0.2) is 4.98 Å². The maximum absolute atomic E-state index is 13.6. The summed E-state index contributed by atoms with van der Waals surface area (Å²) in [7, 11) is 0. The van der Waals surface area contributed by atoms with Crippen molar-refractivity contribution >= 4 is 12.0 Å². The molecule has 3 aromatic rings. The SMILES string of the molecule is Cc1c[nH]c(-c2noc([C@@H]3CC[C@H]4C=Cc5cnc(F)cc5C(=O)N4C3)n2)c1. The van der Waals surface area contributed by atoms with Crippen LogP contribution in [0.2, 0.25) is 0 Å². The number of aryl methyl sites for hydroxylation is 1. The van der Waals surface area contributed by atoms with Crippen molar-refractivity contribution < 1.29 is 13.7 Å². The first-order chi connectivity index (χ1) is 13.6. The first kappa shape index (κ1) is 16.9. The van der Waals surface area contributed by atoms with Gasteiger partial charge in [-0.3, -0.25) is 4.79 Å². The van der Waals surface area contributed by atoms with Crippen LogP contribution in [0.3, 0.4) is 0 Å². The molecule has 2 aliphatic heterocycles. The third-order valence-corrected chi connectivity index (χ3v) is 5.38. The van der Waals surface area contributed by atoms with Crippen molar-refractivity contribution in [2.45, 2.75) is 31.7 Å². The van der Waals surface area contributed by atoms with Crippen LogP contribution in [-0.4, -0.2) is 43.5 Å². The van der Waals surface area contributed by atoms with Crippen LogP contribution in [0.25, 0.3) is 17.6 Å². The number of carbonyl (C=O) groups is 1. The summed E-state index contributed by atoms with van der Waals surface area (Å²) in [6.07, 6.45) is 8.72. The van der Waals surface area contributed by atoms with Crippen LogP contribution >= 0.6 is 0 Å². The van der Waals surface area contributed by atoms with Crippen molar-refractivity contribution in [1.82, 2.24) is 25.0 Å². The van der Waals surface area contributed by atoms with E-state index in [1.54, 1.807) is 4.90 Å². The summed E-state index contributed by atoms with van der Waals surface area (Å²) < 4.78 is 19.1. The topological polar surface area (TPSA) is 87.9 Å². The highest BCUT2D eigenvalue weighted by Crippen LogP contribution is 2.34. The average Bonchev–Trinajstić information content (AvgIpc) is 3.32. The summed E-state index contributed by atoms with van der Waals surface area (Å²) >= 11 is 0. The summed E-state index contributed by atoms with van der Waals surface area (Å²) in [5, 5.41) is 4.07. The standard InChI is InChI=1S/C20H18FN5O2/c1-11-6-16(22-8-11)18-24-19(28-25-18)13-3-5-14-4-2-12-9-23-17(21)7-15(12)20(27)26(14)10-13/h2,4,6-9,13-14,22H,3,5,10H2,1H3/t13-,14-/m1/s1. The number of hydrogen-bond acceptors (Lipinski definition) is 5. The largest absolute Gasteiger partial charge is 0.358 e. The zero-order valence-electron chi connectivity index (χ0n) is 15.2. The lowest BCUT2D eigenvalue weighted by Gasteiger charge is -2.36. The zero-order valence-corrected chi connectivity index (χ0v) is 15.2. The molecule has 0 bridgehead atoms. The van der Waals surface area contributed by atoms with Crippen LogP contribution in [0.5, 0.6) is 0 Å². The second-order valence-corrected chi connectivity index (χ2v) is 7.30. The molecule has 0 aromatic carbocycles. The molecule has 5 heterocycles. The van der Waals surface area contributed by atoms with Gasteiger partial charge in [0.25, 0.3) is 5.91 Å². The number of aromatic nitrogens is 4. The lowest BCUT2D eigenvalue weighted by Crippen LogP contribution is -2.45. The molecule has 0 unspecified atom stereocenters. The Morgan fingerprint density at radius 2 is 2.21 bits per heavy atom. The van der Waals surface area contributed by atoms with Gasteiger partial charge in [-0.2, -0.15) is 9.37 Å². The number of piperidine rings is 1. The second kappa shape index (κ2) is 6.40. The van der Waals surface area contributed by atoms with E-state index in [-0.39, 0.29) is 17.9 Å². The van der Waals surface area contributed by atoms with Gasteiger partial charge >= 0.3 is 0 Å². The number of fused-ring (bicyclic) bond motifs is 2. The highest BCUT2D eigenvalue weighted by molar-refractivity contribution is 5.99. The molecule has 28 heavy (non-hydrogen) atoms. The molecule has 0 radical (unpaired) electrons. The van der Waals surface area contributed by atoms with Crippen molar-refractivity contribution in [1.29, 1.82) is 0 Å². The fourth-order valence-electron chi connectivity index (χ4n) is 3.90. The van der Waals surface area contributed by atoms with E-state index in [9.17, 15) is 9.18 Å². The quantitative estimate of drug-likeness (QED) is 0.690. The first-order valence-corrected chi connectivity index (χ1v) is 9.22. The molecular weight excluding hydrogens is 361 g/mol. The molecular formula is C20H18FN5O2. The monoisotopic (exact) mass is 379 g/mol. The Bertz CT molecular complexity index is 1090. The van der Waals surface area contributed by atoms with E-state index in [2.05, 4.69) is 20.1 Å². The van der Waals surface area contributed by atoms with Crippen molar-refractivity contribution in [2.75, 3.05) is 6.54 Å². The lowest BCUT2D eigenvalue weighted by atomic mass is 9.92. The second-order valence-electron chi connectivity index (χ2n) is 7.30. The number of carbonyl (C=O) groups excluding carboxylic acids is 1. The van der Waals surface area contributed by atoms with Gasteiger partial charge in [0.1, 0.15) is 0 Å². The maximum atomic E-state index is 13.6. The summed E-state index contributed by atoms with van der Waals surface area (Å²) in [5.74, 6) is 0.110. The van der Waals surface area contributed by atoms with Gasteiger partial charge in [0, 0.05) is 30.6 Å². The van der Waals surface area contributed by atoms with Crippen LogP contribution in [0.1, 0.15) is 46.1 Å². The number of nitrogens with one attached hydrogen (secondary N) is 1. The fourth-order valence-corrected chi connectivity index (χ4v) is 3.90. The van der Waals surface area contributed by atoms with Crippen molar-refractivity contribution in [2.24, 2.45) is 0 Å². The lowest BCUT2D eigenvalue weighted by molar-refractivity contribution is 0.0629. The molecule has 0 aliphatic carbocycles. The number of aromatic amines is 1. The van der Waals surface area contributed by atoms with Crippen LogP contribution in [0.15, 0.2) is 35.1 Å². The number of hydrogen-bond donors (Lipinski definition) is 1. The van der Waals surface area contributed by atoms with Gasteiger partial charge < -0.3 is 14.4 Å². The Kier molecular flexibility index (Phi) is 3.85. The minimum Gasteiger partial charge on any atom is -0.358 e. The Hall–Kier alpha value is -3.29. The number of amides is 1. The summed E-state index contributed by atoms with van der Waals surface area (Å²) in [4.78, 5) is 26.1. The number of rotatable bonds is 2. The smallest absolute Gasteiger partial charge is 0.255 e. The van der Waals surface area contributed by atoms with Crippen molar-refractivity contribution in [3.63, 3.8) is 0 Å². The summed E-state index contributed by atoms with van der Waals surface area (Å²) in [6, 6.07) is 3.12. The highest BCUT2D eigenvalue weighted by atomic mass is 19.1. The van der Waals surface area contributed by atoms with E-state index in [0.717, 1.165) is 24.1 Å². The predicted octanol–water partition coefficient (Wildman–Crippen LogP) is 3.32. The van der Waals surface area contributed by atoms with E-state index in [1.165, 1.54) is 12.3 Å². The predicted molar refractivity (Wildman–Crippen MR) is 98.9 cm³/mol. The Morgan fingerprint density at radius 3 is 3.04 bits per heavy atom. The van der Waals surface area contributed by atoms with E-state index < -0.39 is 5.95 Å². The molecule has 0 saturated carbocycles. The van der Waals surface area contributed by atoms with E-state index in [4.69, 9.17) is 4.52 Å². The molecule has 2 aliphatic rings. The van der Waals surface area contributed by atoms with Crippen LogP contribution in [0.4, 0.5) is 4.39 Å². The molecule has 3 aromatic heterocycles. The molecule has 5 rings (SSSR count). The number of halogens is 1. The van der Waals surface area contributed by atoms with Gasteiger partial charge in [0.15, 0.2) is 0 Å². The van der Waals surface area contributed by atoms with Crippen molar-refractivity contribution in [3.05, 3.63) is 59.1 Å². The molecule has 1 saturated heterocycles. The molecule has 8 heteroatoms. The van der Waals surface area contributed by atoms with Crippen LogP contribution < -0.4 is 0 Å².